The molecule has 4 nitrogen and oxygen atoms in total. The molecule has 100 valence electrons. The van der Waals surface area contributed by atoms with Gasteiger partial charge in [-0.1, -0.05) is 6.07 Å². The van der Waals surface area contributed by atoms with E-state index in [-0.39, 0.29) is 6.61 Å². The molecule has 0 aliphatic heterocycles. The van der Waals surface area contributed by atoms with E-state index in [1.807, 2.05) is 43.5 Å². The number of rotatable bonds is 6. The molecule has 0 amide bonds. The van der Waals surface area contributed by atoms with E-state index in [2.05, 4.69) is 16.4 Å². The lowest BCUT2D eigenvalue weighted by atomic mass is 10.2. The van der Waals surface area contributed by atoms with Crippen LogP contribution in [0.2, 0.25) is 0 Å². The summed E-state index contributed by atoms with van der Waals surface area (Å²) < 4.78 is 5.30. The van der Waals surface area contributed by atoms with Crippen LogP contribution in [0.4, 0.5) is 5.69 Å². The van der Waals surface area contributed by atoms with Crippen LogP contribution in [0.5, 0.6) is 5.75 Å². The first-order chi connectivity index (χ1) is 9.28. The highest BCUT2D eigenvalue weighted by molar-refractivity contribution is 5.46. The molecule has 1 heterocycles. The molecule has 4 heteroatoms. The zero-order valence-corrected chi connectivity index (χ0v) is 11.0. The predicted octanol–water partition coefficient (Wildman–Crippen LogP) is 2.37. The number of aromatic nitrogens is 1. The second-order valence-corrected chi connectivity index (χ2v) is 4.28. The number of nitrogens with zero attached hydrogens (tertiary/aromatic N) is 1. The first kappa shape index (κ1) is 13.4. The van der Waals surface area contributed by atoms with E-state index in [4.69, 9.17) is 9.84 Å². The van der Waals surface area contributed by atoms with Crippen LogP contribution < -0.4 is 10.1 Å². The summed E-state index contributed by atoms with van der Waals surface area (Å²) >= 11 is 0. The number of hydrogen-bond acceptors (Lipinski definition) is 4. The molecule has 0 fully saturated rings. The van der Waals surface area contributed by atoms with Crippen LogP contribution in [-0.4, -0.2) is 23.3 Å². The lowest BCUT2D eigenvalue weighted by Gasteiger charge is -2.08. The summed E-state index contributed by atoms with van der Waals surface area (Å²) in [4.78, 5) is 4.34. The van der Waals surface area contributed by atoms with Crippen LogP contribution in [0.15, 0.2) is 42.6 Å². The van der Waals surface area contributed by atoms with Crippen LogP contribution in [0.25, 0.3) is 0 Å². The number of aliphatic hydroxyl groups excluding tert-OH is 1. The van der Waals surface area contributed by atoms with Crippen LogP contribution >= 0.6 is 0 Å². The standard InChI is InChI=1S/C15H18N2O2/c1-12-2-3-14(16-10-12)11-17-13-4-6-15(7-5-13)19-9-8-18/h2-7,10,17-18H,8-9,11H2,1H3. The number of ether oxygens (including phenoxy) is 1. The van der Waals surface area contributed by atoms with Gasteiger partial charge in [-0.2, -0.15) is 0 Å². The lowest BCUT2D eigenvalue weighted by Crippen LogP contribution is -2.03. The molecule has 19 heavy (non-hydrogen) atoms. The third kappa shape index (κ3) is 4.26. The molecule has 2 aromatic rings. The zero-order chi connectivity index (χ0) is 13.5. The van der Waals surface area contributed by atoms with Gasteiger partial charge in [0, 0.05) is 11.9 Å². The molecule has 0 saturated heterocycles. The Bertz CT molecular complexity index is 495. The molecule has 0 unspecified atom stereocenters. The van der Waals surface area contributed by atoms with Gasteiger partial charge < -0.3 is 15.2 Å². The van der Waals surface area contributed by atoms with Gasteiger partial charge in [-0.15, -0.1) is 0 Å². The average molecular weight is 258 g/mol. The van der Waals surface area contributed by atoms with Crippen LogP contribution in [0.1, 0.15) is 11.3 Å². The highest BCUT2D eigenvalue weighted by Crippen LogP contribution is 2.16. The van der Waals surface area contributed by atoms with Crippen molar-refractivity contribution in [3.63, 3.8) is 0 Å². The Morgan fingerprint density at radius 3 is 2.58 bits per heavy atom. The van der Waals surface area contributed by atoms with Gasteiger partial charge in [-0.3, -0.25) is 4.98 Å². The number of nitrogens with one attached hydrogen (secondary N) is 1. The number of pyridine rings is 1. The summed E-state index contributed by atoms with van der Waals surface area (Å²) in [7, 11) is 0. The van der Waals surface area contributed by atoms with E-state index in [1.165, 1.54) is 0 Å². The summed E-state index contributed by atoms with van der Waals surface area (Å²) in [5.74, 6) is 0.757. The Morgan fingerprint density at radius 2 is 1.95 bits per heavy atom. The minimum absolute atomic E-state index is 0.0269. The normalized spacial score (nSPS) is 10.2. The monoisotopic (exact) mass is 258 g/mol. The van der Waals surface area contributed by atoms with E-state index < -0.39 is 0 Å². The maximum atomic E-state index is 8.67. The van der Waals surface area contributed by atoms with E-state index in [9.17, 15) is 0 Å². The van der Waals surface area contributed by atoms with Gasteiger partial charge in [0.25, 0.3) is 0 Å². The maximum absolute atomic E-state index is 8.67. The predicted molar refractivity (Wildman–Crippen MR) is 75.3 cm³/mol. The summed E-state index contributed by atoms with van der Waals surface area (Å²) in [6.07, 6.45) is 1.86. The maximum Gasteiger partial charge on any atom is 0.119 e. The van der Waals surface area contributed by atoms with Gasteiger partial charge in [0.1, 0.15) is 12.4 Å². The lowest BCUT2D eigenvalue weighted by molar-refractivity contribution is 0.201. The van der Waals surface area contributed by atoms with Crippen LogP contribution in [0, 0.1) is 6.92 Å². The van der Waals surface area contributed by atoms with Crippen molar-refractivity contribution in [1.82, 2.24) is 4.98 Å². The molecule has 0 saturated carbocycles. The van der Waals surface area contributed by atoms with Crippen molar-refractivity contribution >= 4 is 5.69 Å². The summed E-state index contributed by atoms with van der Waals surface area (Å²) in [6.45, 7) is 3.06. The molecule has 0 bridgehead atoms. The first-order valence-electron chi connectivity index (χ1n) is 6.27. The number of hydrogen-bond donors (Lipinski definition) is 2. The van der Waals surface area contributed by atoms with Crippen LogP contribution in [0.3, 0.4) is 0 Å². The van der Waals surface area contributed by atoms with Gasteiger partial charge in [0.05, 0.1) is 18.8 Å². The van der Waals surface area contributed by atoms with Gasteiger partial charge in [-0.05, 0) is 42.8 Å². The van der Waals surface area contributed by atoms with Crippen molar-refractivity contribution in [1.29, 1.82) is 0 Å². The molecule has 0 aliphatic rings. The molecule has 1 aromatic heterocycles. The molecule has 0 radical (unpaired) electrons. The highest BCUT2D eigenvalue weighted by atomic mass is 16.5. The zero-order valence-electron chi connectivity index (χ0n) is 11.0. The van der Waals surface area contributed by atoms with E-state index in [1.54, 1.807) is 0 Å². The van der Waals surface area contributed by atoms with Gasteiger partial charge in [0.15, 0.2) is 0 Å². The van der Waals surface area contributed by atoms with E-state index in [0.717, 1.165) is 22.7 Å². The molecule has 2 N–H and O–H groups in total. The number of aliphatic hydroxyl groups is 1. The number of aryl methyl sites for hydroxylation is 1. The average Bonchev–Trinajstić information content (AvgIpc) is 2.46. The minimum atomic E-state index is 0.0269. The largest absolute Gasteiger partial charge is 0.491 e. The summed E-state index contributed by atoms with van der Waals surface area (Å²) in [5, 5.41) is 12.0. The fourth-order valence-corrected chi connectivity index (χ4v) is 1.63. The van der Waals surface area contributed by atoms with Crippen molar-refractivity contribution in [3.05, 3.63) is 53.9 Å². The van der Waals surface area contributed by atoms with E-state index >= 15 is 0 Å². The van der Waals surface area contributed by atoms with Crippen LogP contribution in [-0.2, 0) is 6.54 Å². The molecule has 0 aliphatic carbocycles. The van der Waals surface area contributed by atoms with Gasteiger partial charge in [0.2, 0.25) is 0 Å². The fourth-order valence-electron chi connectivity index (χ4n) is 1.63. The fraction of sp³-hybridized carbons (Fsp3) is 0.267. The molecule has 0 spiro atoms. The minimum Gasteiger partial charge on any atom is -0.491 e. The second-order valence-electron chi connectivity index (χ2n) is 4.28. The molecule has 0 atom stereocenters. The Kier molecular flexibility index (Phi) is 4.75. The SMILES string of the molecule is Cc1ccc(CNc2ccc(OCCO)cc2)nc1. The number of anilines is 1. The summed E-state index contributed by atoms with van der Waals surface area (Å²) in [5.41, 5.74) is 3.18. The third-order valence-corrected chi connectivity index (χ3v) is 2.66. The van der Waals surface area contributed by atoms with Crippen molar-refractivity contribution in [2.24, 2.45) is 0 Å². The van der Waals surface area contributed by atoms with Gasteiger partial charge >= 0.3 is 0 Å². The Morgan fingerprint density at radius 1 is 1.16 bits per heavy atom. The first-order valence-corrected chi connectivity index (χ1v) is 6.27. The smallest absolute Gasteiger partial charge is 0.119 e. The quantitative estimate of drug-likeness (QED) is 0.835. The summed E-state index contributed by atoms with van der Waals surface area (Å²) in [6, 6.07) is 11.7. The van der Waals surface area contributed by atoms with Crippen molar-refractivity contribution < 1.29 is 9.84 Å². The Hall–Kier alpha value is -2.07. The molecular weight excluding hydrogens is 240 g/mol. The van der Waals surface area contributed by atoms with Crippen molar-refractivity contribution in [2.45, 2.75) is 13.5 Å². The van der Waals surface area contributed by atoms with E-state index in [0.29, 0.717) is 13.2 Å². The molecule has 1 aromatic carbocycles. The third-order valence-electron chi connectivity index (χ3n) is 2.66. The topological polar surface area (TPSA) is 54.4 Å². The van der Waals surface area contributed by atoms with Crippen molar-refractivity contribution in [3.8, 4) is 5.75 Å². The Labute approximate surface area is 113 Å². The molecular formula is C15H18N2O2. The highest BCUT2D eigenvalue weighted by Gasteiger charge is 1.97. The number of benzene rings is 1. The second kappa shape index (κ2) is 6.75. The van der Waals surface area contributed by atoms with Gasteiger partial charge in [-0.25, -0.2) is 0 Å². The van der Waals surface area contributed by atoms with Crippen molar-refractivity contribution in [2.75, 3.05) is 18.5 Å². The Balaban J connectivity index is 1.87. The molecule has 2 rings (SSSR count).